The molecule has 0 saturated carbocycles. The van der Waals surface area contributed by atoms with Crippen LogP contribution in [0.3, 0.4) is 0 Å². The van der Waals surface area contributed by atoms with Gasteiger partial charge in [-0.2, -0.15) is 0 Å². The lowest BCUT2D eigenvalue weighted by Gasteiger charge is -2.08. The van der Waals surface area contributed by atoms with E-state index in [2.05, 4.69) is 0 Å². The van der Waals surface area contributed by atoms with Crippen LogP contribution in [0.4, 0.5) is 0 Å². The van der Waals surface area contributed by atoms with Crippen molar-refractivity contribution in [1.82, 2.24) is 0 Å². The lowest BCUT2D eigenvalue weighted by atomic mass is 10.1. The van der Waals surface area contributed by atoms with Crippen molar-refractivity contribution < 1.29 is 13.2 Å². The van der Waals surface area contributed by atoms with Gasteiger partial charge in [0.05, 0.1) is 4.90 Å². The largest absolute Gasteiger partial charge is 0.298 e. The third-order valence-corrected chi connectivity index (χ3v) is 4.53. The van der Waals surface area contributed by atoms with E-state index in [1.54, 1.807) is 31.2 Å². The predicted molar refractivity (Wildman–Crippen MR) is 67.7 cm³/mol. The van der Waals surface area contributed by atoms with E-state index in [0.29, 0.717) is 6.42 Å². The maximum atomic E-state index is 12.0. The van der Waals surface area contributed by atoms with E-state index in [-0.39, 0.29) is 16.6 Å². The fourth-order valence-electron chi connectivity index (χ4n) is 1.39. The van der Waals surface area contributed by atoms with Crippen LogP contribution < -0.4 is 0 Å². The molecule has 0 spiro atoms. The monoisotopic (exact) mass is 254 g/mol. The third-order valence-electron chi connectivity index (χ3n) is 2.87. The molecule has 1 aromatic carbocycles. The highest BCUT2D eigenvalue weighted by Gasteiger charge is 2.21. The van der Waals surface area contributed by atoms with Crippen molar-refractivity contribution in [2.24, 2.45) is 5.92 Å². The number of hydrogen-bond donors (Lipinski definition) is 0. The van der Waals surface area contributed by atoms with Crippen molar-refractivity contribution in [3.05, 3.63) is 29.8 Å². The molecule has 0 heterocycles. The van der Waals surface area contributed by atoms with Crippen molar-refractivity contribution in [1.29, 1.82) is 0 Å². The van der Waals surface area contributed by atoms with E-state index in [9.17, 15) is 13.2 Å². The van der Waals surface area contributed by atoms with Gasteiger partial charge in [0.15, 0.2) is 15.6 Å². The van der Waals surface area contributed by atoms with Crippen LogP contribution >= 0.6 is 0 Å². The Bertz CT molecular complexity index is 486. The molecule has 1 unspecified atom stereocenters. The topological polar surface area (TPSA) is 51.2 Å². The molecule has 0 aliphatic carbocycles. The molecule has 0 aliphatic heterocycles. The Hall–Kier alpha value is -1.16. The molecule has 1 atom stereocenters. The number of hydrogen-bond acceptors (Lipinski definition) is 3. The van der Waals surface area contributed by atoms with Gasteiger partial charge in [-0.15, -0.1) is 0 Å². The van der Waals surface area contributed by atoms with E-state index in [1.807, 2.05) is 13.8 Å². The summed E-state index contributed by atoms with van der Waals surface area (Å²) in [5, 5.41) is 0. The zero-order valence-electron chi connectivity index (χ0n) is 10.4. The summed E-state index contributed by atoms with van der Waals surface area (Å²) >= 11 is 0. The number of sulfone groups is 1. The van der Waals surface area contributed by atoms with E-state index in [1.165, 1.54) is 0 Å². The molecular weight excluding hydrogens is 236 g/mol. The predicted octanol–water partition coefficient (Wildman–Crippen LogP) is 2.38. The summed E-state index contributed by atoms with van der Waals surface area (Å²) < 4.78 is 23.9. The van der Waals surface area contributed by atoms with Gasteiger partial charge in [-0.25, -0.2) is 8.42 Å². The van der Waals surface area contributed by atoms with Gasteiger partial charge < -0.3 is 0 Å². The highest BCUT2D eigenvalue weighted by atomic mass is 32.2. The maximum Gasteiger partial charge on any atom is 0.185 e. The average Bonchev–Trinajstić information content (AvgIpc) is 2.27. The van der Waals surface area contributed by atoms with E-state index in [0.717, 1.165) is 5.56 Å². The highest BCUT2D eigenvalue weighted by Crippen LogP contribution is 2.14. The van der Waals surface area contributed by atoms with Crippen LogP contribution in [-0.2, 0) is 14.6 Å². The van der Waals surface area contributed by atoms with Crippen LogP contribution in [0.5, 0.6) is 0 Å². The fraction of sp³-hybridized carbons (Fsp3) is 0.462. The molecule has 1 aromatic rings. The molecular formula is C13H18O3S. The van der Waals surface area contributed by atoms with Gasteiger partial charge in [0.1, 0.15) is 5.75 Å². The number of carbonyl (C=O) groups excluding carboxylic acids is 1. The second kappa shape index (κ2) is 5.45. The van der Waals surface area contributed by atoms with Gasteiger partial charge in [-0.1, -0.05) is 31.5 Å². The molecule has 0 amide bonds. The number of Topliss-reactive ketones (excluding diaryl/α,β-unsaturated/α-hetero) is 1. The smallest absolute Gasteiger partial charge is 0.185 e. The molecule has 0 radical (unpaired) electrons. The summed E-state index contributed by atoms with van der Waals surface area (Å²) in [6.45, 7) is 5.52. The molecule has 0 aliphatic rings. The maximum absolute atomic E-state index is 12.0. The Morgan fingerprint density at radius 2 is 1.76 bits per heavy atom. The average molecular weight is 254 g/mol. The summed E-state index contributed by atoms with van der Waals surface area (Å²) in [4.78, 5) is 11.9. The first kappa shape index (κ1) is 13.9. The van der Waals surface area contributed by atoms with E-state index in [4.69, 9.17) is 0 Å². The van der Waals surface area contributed by atoms with Crippen molar-refractivity contribution >= 4 is 15.6 Å². The van der Waals surface area contributed by atoms with Gasteiger partial charge in [0.25, 0.3) is 0 Å². The molecule has 1 rings (SSSR count). The lowest BCUT2D eigenvalue weighted by Crippen LogP contribution is -2.21. The number of rotatable bonds is 5. The molecule has 0 saturated heterocycles. The fourth-order valence-corrected chi connectivity index (χ4v) is 2.76. The number of ketones is 1. The standard InChI is InChI=1S/C13H18O3S/c1-4-11(3)13(14)9-17(15,16)12-7-5-10(2)6-8-12/h5-8,11H,4,9H2,1-3H3. The quantitative estimate of drug-likeness (QED) is 0.810. The minimum Gasteiger partial charge on any atom is -0.298 e. The molecule has 0 bridgehead atoms. The Morgan fingerprint density at radius 3 is 2.24 bits per heavy atom. The summed E-state index contributed by atoms with van der Waals surface area (Å²) in [6.07, 6.45) is 0.669. The van der Waals surface area contributed by atoms with Gasteiger partial charge >= 0.3 is 0 Å². The minimum atomic E-state index is -3.48. The van der Waals surface area contributed by atoms with Crippen LogP contribution in [0, 0.1) is 12.8 Å². The number of aryl methyl sites for hydroxylation is 1. The molecule has 4 heteroatoms. The summed E-state index contributed by atoms with van der Waals surface area (Å²) in [7, 11) is -3.48. The molecule has 3 nitrogen and oxygen atoms in total. The van der Waals surface area contributed by atoms with Crippen molar-refractivity contribution in [2.75, 3.05) is 5.75 Å². The molecule has 0 N–H and O–H groups in total. The van der Waals surface area contributed by atoms with Gasteiger partial charge in [0.2, 0.25) is 0 Å². The van der Waals surface area contributed by atoms with E-state index >= 15 is 0 Å². The van der Waals surface area contributed by atoms with Crippen LogP contribution in [0.15, 0.2) is 29.2 Å². The minimum absolute atomic E-state index is 0.199. The van der Waals surface area contributed by atoms with Gasteiger partial charge in [-0.3, -0.25) is 4.79 Å². The molecule has 0 fully saturated rings. The first-order chi connectivity index (χ1) is 7.86. The molecule has 0 aromatic heterocycles. The molecule has 17 heavy (non-hydrogen) atoms. The van der Waals surface area contributed by atoms with Crippen LogP contribution in [0.1, 0.15) is 25.8 Å². The Morgan fingerprint density at radius 1 is 1.24 bits per heavy atom. The SMILES string of the molecule is CCC(C)C(=O)CS(=O)(=O)c1ccc(C)cc1. The second-order valence-corrected chi connectivity index (χ2v) is 6.34. The summed E-state index contributed by atoms with van der Waals surface area (Å²) in [5.74, 6) is -0.811. The first-order valence-electron chi connectivity index (χ1n) is 5.69. The van der Waals surface area contributed by atoms with Crippen molar-refractivity contribution in [3.63, 3.8) is 0 Å². The zero-order chi connectivity index (χ0) is 13.1. The van der Waals surface area contributed by atoms with Gasteiger partial charge in [-0.05, 0) is 25.5 Å². The van der Waals surface area contributed by atoms with Crippen molar-refractivity contribution in [2.45, 2.75) is 32.1 Å². The number of carbonyl (C=O) groups is 1. The Kier molecular flexibility index (Phi) is 4.46. The Labute approximate surface area is 103 Å². The van der Waals surface area contributed by atoms with Crippen molar-refractivity contribution in [3.8, 4) is 0 Å². The first-order valence-corrected chi connectivity index (χ1v) is 7.34. The normalized spacial score (nSPS) is 13.4. The number of benzene rings is 1. The third kappa shape index (κ3) is 3.66. The Balaban J connectivity index is 2.89. The highest BCUT2D eigenvalue weighted by molar-refractivity contribution is 7.92. The van der Waals surface area contributed by atoms with E-state index < -0.39 is 15.6 Å². The summed E-state index contributed by atoms with van der Waals surface area (Å²) in [6, 6.07) is 6.57. The van der Waals surface area contributed by atoms with Crippen LogP contribution in [-0.4, -0.2) is 20.0 Å². The zero-order valence-corrected chi connectivity index (χ0v) is 11.3. The summed E-state index contributed by atoms with van der Waals surface area (Å²) in [5.41, 5.74) is 0.997. The lowest BCUT2D eigenvalue weighted by molar-refractivity contribution is -0.119. The second-order valence-electron chi connectivity index (χ2n) is 4.35. The van der Waals surface area contributed by atoms with Crippen LogP contribution in [0.2, 0.25) is 0 Å². The molecule has 94 valence electrons. The van der Waals surface area contributed by atoms with Crippen LogP contribution in [0.25, 0.3) is 0 Å². The van der Waals surface area contributed by atoms with Gasteiger partial charge in [0, 0.05) is 5.92 Å².